The van der Waals surface area contributed by atoms with Gasteiger partial charge in [-0.15, -0.1) is 0 Å². The molecular weight excluding hydrogens is 256 g/mol. The van der Waals surface area contributed by atoms with Gasteiger partial charge in [-0.05, 0) is 44.7 Å². The smallest absolute Gasteiger partial charge is 0.313 e. The average Bonchev–Trinajstić information content (AvgIpc) is 2.44. The van der Waals surface area contributed by atoms with Gasteiger partial charge >= 0.3 is 11.8 Å². The maximum atomic E-state index is 11.8. The zero-order chi connectivity index (χ0) is 14.5. The zero-order valence-corrected chi connectivity index (χ0v) is 11.6. The van der Waals surface area contributed by atoms with E-state index in [2.05, 4.69) is 10.6 Å². The molecule has 0 spiro atoms. The van der Waals surface area contributed by atoms with Gasteiger partial charge in [-0.3, -0.25) is 9.59 Å². The van der Waals surface area contributed by atoms with Crippen LogP contribution in [0.4, 0.5) is 5.69 Å². The van der Waals surface area contributed by atoms with Crippen LogP contribution in [0.25, 0.3) is 0 Å². The molecule has 0 bridgehead atoms. The number of rotatable bonds is 2. The van der Waals surface area contributed by atoms with Crippen molar-refractivity contribution >= 4 is 17.5 Å². The third-order valence-corrected chi connectivity index (χ3v) is 3.55. The van der Waals surface area contributed by atoms with E-state index in [1.165, 1.54) is 0 Å². The summed E-state index contributed by atoms with van der Waals surface area (Å²) in [6.45, 7) is 1.95. The predicted molar refractivity (Wildman–Crippen MR) is 76.2 cm³/mol. The van der Waals surface area contributed by atoms with Crippen molar-refractivity contribution in [2.24, 2.45) is 0 Å². The molecule has 1 aliphatic carbocycles. The first-order valence-electron chi connectivity index (χ1n) is 6.91. The van der Waals surface area contributed by atoms with Gasteiger partial charge in [0.2, 0.25) is 0 Å². The Morgan fingerprint density at radius 2 is 1.65 bits per heavy atom. The van der Waals surface area contributed by atoms with Gasteiger partial charge in [0.05, 0.1) is 6.10 Å². The molecular formula is C15H20N2O3. The van der Waals surface area contributed by atoms with Crippen molar-refractivity contribution in [1.82, 2.24) is 5.32 Å². The summed E-state index contributed by atoms with van der Waals surface area (Å²) in [5.41, 5.74) is 1.70. The molecule has 0 saturated heterocycles. The Morgan fingerprint density at radius 3 is 2.25 bits per heavy atom. The number of hydrogen-bond donors (Lipinski definition) is 3. The highest BCUT2D eigenvalue weighted by Crippen LogP contribution is 2.18. The van der Waals surface area contributed by atoms with Crippen LogP contribution in [0.2, 0.25) is 0 Å². The molecule has 0 aromatic heterocycles. The summed E-state index contributed by atoms with van der Waals surface area (Å²) < 4.78 is 0. The van der Waals surface area contributed by atoms with Crippen molar-refractivity contribution in [3.63, 3.8) is 0 Å². The Hall–Kier alpha value is -1.88. The quantitative estimate of drug-likeness (QED) is 0.714. The van der Waals surface area contributed by atoms with Crippen LogP contribution < -0.4 is 10.6 Å². The van der Waals surface area contributed by atoms with E-state index in [1.54, 1.807) is 12.1 Å². The molecule has 1 saturated carbocycles. The van der Waals surface area contributed by atoms with Crippen LogP contribution in [0.1, 0.15) is 31.2 Å². The second kappa shape index (κ2) is 6.52. The summed E-state index contributed by atoms with van der Waals surface area (Å²) in [5.74, 6) is -1.27. The first kappa shape index (κ1) is 14.5. The van der Waals surface area contributed by atoms with E-state index in [4.69, 9.17) is 0 Å². The SMILES string of the molecule is Cc1ccc(NC(=O)C(=O)NC2CCC(O)CC2)cc1. The monoisotopic (exact) mass is 276 g/mol. The van der Waals surface area contributed by atoms with E-state index in [0.717, 1.165) is 5.56 Å². The molecule has 1 aromatic rings. The standard InChI is InChI=1S/C15H20N2O3/c1-10-2-4-11(5-3-10)16-14(19)15(20)17-12-6-8-13(18)9-7-12/h2-5,12-13,18H,6-9H2,1H3,(H,16,19)(H,17,20). The molecule has 0 unspecified atom stereocenters. The van der Waals surface area contributed by atoms with Crippen molar-refractivity contribution in [1.29, 1.82) is 0 Å². The van der Waals surface area contributed by atoms with Gasteiger partial charge in [-0.25, -0.2) is 0 Å². The average molecular weight is 276 g/mol. The van der Waals surface area contributed by atoms with Gasteiger partial charge in [0, 0.05) is 11.7 Å². The van der Waals surface area contributed by atoms with Crippen LogP contribution in [0.3, 0.4) is 0 Å². The van der Waals surface area contributed by atoms with Crippen LogP contribution in [0.5, 0.6) is 0 Å². The third kappa shape index (κ3) is 4.06. The van der Waals surface area contributed by atoms with Gasteiger partial charge in [0.1, 0.15) is 0 Å². The van der Waals surface area contributed by atoms with Gasteiger partial charge in [-0.1, -0.05) is 17.7 Å². The van der Waals surface area contributed by atoms with Crippen LogP contribution in [-0.4, -0.2) is 29.1 Å². The second-order valence-electron chi connectivity index (χ2n) is 5.30. The number of benzene rings is 1. The molecule has 0 radical (unpaired) electrons. The van der Waals surface area contributed by atoms with Gasteiger partial charge in [0.25, 0.3) is 0 Å². The minimum Gasteiger partial charge on any atom is -0.393 e. The molecule has 0 aliphatic heterocycles. The molecule has 3 N–H and O–H groups in total. The topological polar surface area (TPSA) is 78.4 Å². The lowest BCUT2D eigenvalue weighted by molar-refractivity contribution is -0.136. The second-order valence-corrected chi connectivity index (χ2v) is 5.30. The normalized spacial score (nSPS) is 22.1. The lowest BCUT2D eigenvalue weighted by Gasteiger charge is -2.25. The fourth-order valence-electron chi connectivity index (χ4n) is 2.30. The van der Waals surface area contributed by atoms with Crippen LogP contribution in [0.15, 0.2) is 24.3 Å². The number of aryl methyl sites for hydroxylation is 1. The molecule has 0 atom stereocenters. The Labute approximate surface area is 118 Å². The Bertz CT molecular complexity index is 476. The minimum absolute atomic E-state index is 0.0188. The highest BCUT2D eigenvalue weighted by Gasteiger charge is 2.23. The van der Waals surface area contributed by atoms with E-state index in [0.29, 0.717) is 31.4 Å². The molecule has 2 rings (SSSR count). The summed E-state index contributed by atoms with van der Waals surface area (Å²) in [5, 5.41) is 14.7. The molecule has 2 amide bonds. The Kier molecular flexibility index (Phi) is 4.74. The maximum absolute atomic E-state index is 11.8. The van der Waals surface area contributed by atoms with Crippen molar-refractivity contribution in [2.45, 2.75) is 44.8 Å². The molecule has 5 nitrogen and oxygen atoms in total. The lowest BCUT2D eigenvalue weighted by Crippen LogP contribution is -2.43. The zero-order valence-electron chi connectivity index (χ0n) is 11.6. The first-order valence-corrected chi connectivity index (χ1v) is 6.91. The molecule has 108 valence electrons. The number of carbonyl (C=O) groups is 2. The number of aliphatic hydroxyl groups excluding tert-OH is 1. The van der Waals surface area contributed by atoms with Crippen molar-refractivity contribution in [2.75, 3.05) is 5.32 Å². The number of aliphatic hydroxyl groups is 1. The van der Waals surface area contributed by atoms with Crippen molar-refractivity contribution in [3.8, 4) is 0 Å². The largest absolute Gasteiger partial charge is 0.393 e. The highest BCUT2D eigenvalue weighted by molar-refractivity contribution is 6.39. The van der Waals surface area contributed by atoms with E-state index in [9.17, 15) is 14.7 Å². The van der Waals surface area contributed by atoms with Crippen LogP contribution in [0, 0.1) is 6.92 Å². The highest BCUT2D eigenvalue weighted by atomic mass is 16.3. The molecule has 20 heavy (non-hydrogen) atoms. The van der Waals surface area contributed by atoms with Gasteiger partial charge in [-0.2, -0.15) is 0 Å². The fraction of sp³-hybridized carbons (Fsp3) is 0.467. The van der Waals surface area contributed by atoms with Crippen LogP contribution in [-0.2, 0) is 9.59 Å². The van der Waals surface area contributed by atoms with E-state index in [-0.39, 0.29) is 12.1 Å². The number of nitrogens with one attached hydrogen (secondary N) is 2. The van der Waals surface area contributed by atoms with E-state index >= 15 is 0 Å². The number of anilines is 1. The third-order valence-electron chi connectivity index (χ3n) is 3.55. The first-order chi connectivity index (χ1) is 9.54. The van der Waals surface area contributed by atoms with Gasteiger partial charge < -0.3 is 15.7 Å². The van der Waals surface area contributed by atoms with Crippen LogP contribution >= 0.6 is 0 Å². The van der Waals surface area contributed by atoms with Crippen molar-refractivity contribution in [3.05, 3.63) is 29.8 Å². The molecule has 5 heteroatoms. The molecule has 0 heterocycles. The van der Waals surface area contributed by atoms with E-state index in [1.807, 2.05) is 19.1 Å². The summed E-state index contributed by atoms with van der Waals surface area (Å²) in [4.78, 5) is 23.5. The Balaban J connectivity index is 1.83. The summed E-state index contributed by atoms with van der Waals surface area (Å²) in [6, 6.07) is 7.25. The molecule has 1 fully saturated rings. The minimum atomic E-state index is -0.653. The number of amides is 2. The number of hydrogen-bond acceptors (Lipinski definition) is 3. The fourth-order valence-corrected chi connectivity index (χ4v) is 2.30. The van der Waals surface area contributed by atoms with Gasteiger partial charge in [0.15, 0.2) is 0 Å². The Morgan fingerprint density at radius 1 is 1.05 bits per heavy atom. The molecule has 1 aliphatic rings. The maximum Gasteiger partial charge on any atom is 0.313 e. The number of carbonyl (C=O) groups excluding carboxylic acids is 2. The lowest BCUT2D eigenvalue weighted by atomic mass is 9.93. The predicted octanol–water partition coefficient (Wildman–Crippen LogP) is 1.35. The van der Waals surface area contributed by atoms with Crippen molar-refractivity contribution < 1.29 is 14.7 Å². The van der Waals surface area contributed by atoms with E-state index < -0.39 is 11.8 Å². The summed E-state index contributed by atoms with van der Waals surface area (Å²) >= 11 is 0. The summed E-state index contributed by atoms with van der Waals surface area (Å²) in [7, 11) is 0. The summed E-state index contributed by atoms with van der Waals surface area (Å²) in [6.07, 6.45) is 2.49. The molecule has 1 aromatic carbocycles.